The van der Waals surface area contributed by atoms with Gasteiger partial charge in [0.05, 0.1) is 10.7 Å². The fourth-order valence-electron chi connectivity index (χ4n) is 2.93. The van der Waals surface area contributed by atoms with Crippen LogP contribution in [0.5, 0.6) is 0 Å². The molecule has 22 heavy (non-hydrogen) atoms. The van der Waals surface area contributed by atoms with Crippen molar-refractivity contribution in [3.8, 4) is 0 Å². The van der Waals surface area contributed by atoms with Crippen LogP contribution in [0.15, 0.2) is 18.2 Å². The molecule has 0 unspecified atom stereocenters. The van der Waals surface area contributed by atoms with E-state index in [1.54, 1.807) is 6.07 Å². The van der Waals surface area contributed by atoms with Crippen LogP contribution in [-0.2, 0) is 0 Å². The van der Waals surface area contributed by atoms with E-state index in [-0.39, 0.29) is 5.91 Å². The number of benzene rings is 1. The number of anilines is 2. The number of amides is 1. The van der Waals surface area contributed by atoms with Crippen molar-refractivity contribution in [2.24, 2.45) is 0 Å². The molecule has 0 aliphatic heterocycles. The first kappa shape index (κ1) is 15.0. The zero-order chi connectivity index (χ0) is 15.7. The molecule has 4 nitrogen and oxygen atoms in total. The zero-order valence-corrected chi connectivity index (χ0v) is 13.8. The second kappa shape index (κ2) is 6.08. The maximum absolute atomic E-state index is 12.5. The van der Waals surface area contributed by atoms with Gasteiger partial charge in [0.2, 0.25) is 0 Å². The number of nitrogens with zero attached hydrogens (tertiary/aromatic N) is 1. The van der Waals surface area contributed by atoms with Crippen LogP contribution in [0.2, 0.25) is 0 Å². The van der Waals surface area contributed by atoms with E-state index in [1.165, 1.54) is 37.0 Å². The second-order valence-electron chi connectivity index (χ2n) is 5.98. The van der Waals surface area contributed by atoms with E-state index in [0.717, 1.165) is 22.0 Å². The van der Waals surface area contributed by atoms with Crippen molar-refractivity contribution in [2.45, 2.75) is 45.4 Å². The van der Waals surface area contributed by atoms with Crippen molar-refractivity contribution in [3.63, 3.8) is 0 Å². The highest BCUT2D eigenvalue weighted by Gasteiger charge is 2.24. The molecule has 1 fully saturated rings. The van der Waals surface area contributed by atoms with Gasteiger partial charge in [-0.05, 0) is 44.4 Å². The van der Waals surface area contributed by atoms with E-state index in [1.807, 2.05) is 26.0 Å². The Kier molecular flexibility index (Phi) is 4.16. The van der Waals surface area contributed by atoms with Crippen molar-refractivity contribution in [2.75, 3.05) is 11.1 Å². The number of carbonyl (C=O) groups excluding carboxylic acids is 1. The highest BCUT2D eigenvalue weighted by atomic mass is 32.1. The summed E-state index contributed by atoms with van der Waals surface area (Å²) in [6, 6.07) is 5.54. The van der Waals surface area contributed by atoms with Gasteiger partial charge in [0, 0.05) is 17.3 Å². The van der Waals surface area contributed by atoms with Crippen molar-refractivity contribution in [3.05, 3.63) is 39.3 Å². The van der Waals surface area contributed by atoms with Gasteiger partial charge >= 0.3 is 0 Å². The minimum atomic E-state index is -0.0899. The maximum atomic E-state index is 12.5. The lowest BCUT2D eigenvalue weighted by Gasteiger charge is -2.08. The lowest BCUT2D eigenvalue weighted by Crippen LogP contribution is -2.12. The van der Waals surface area contributed by atoms with Crippen LogP contribution in [0, 0.1) is 13.8 Å². The molecule has 5 heteroatoms. The number of aromatic nitrogens is 1. The molecule has 0 bridgehead atoms. The van der Waals surface area contributed by atoms with Gasteiger partial charge in [0.25, 0.3) is 5.91 Å². The Balaban J connectivity index is 1.81. The molecule has 116 valence electrons. The Morgan fingerprint density at radius 3 is 2.77 bits per heavy atom. The fraction of sp³-hybridized carbons (Fsp3) is 0.412. The Bertz CT molecular complexity index is 702. The molecule has 1 amide bonds. The largest absolute Gasteiger partial charge is 0.399 e. The first-order chi connectivity index (χ1) is 10.5. The lowest BCUT2D eigenvalue weighted by molar-refractivity contribution is 0.102. The average molecular weight is 315 g/mol. The Hall–Kier alpha value is -1.88. The van der Waals surface area contributed by atoms with Crippen molar-refractivity contribution >= 4 is 28.6 Å². The topological polar surface area (TPSA) is 68.0 Å². The van der Waals surface area contributed by atoms with Gasteiger partial charge < -0.3 is 11.1 Å². The number of nitrogen functional groups attached to an aromatic ring is 1. The van der Waals surface area contributed by atoms with E-state index in [2.05, 4.69) is 10.3 Å². The summed E-state index contributed by atoms with van der Waals surface area (Å²) in [4.78, 5) is 17.9. The molecule has 0 spiro atoms. The van der Waals surface area contributed by atoms with Gasteiger partial charge in [-0.2, -0.15) is 0 Å². The van der Waals surface area contributed by atoms with E-state index in [4.69, 9.17) is 5.73 Å². The molecule has 1 aromatic carbocycles. The van der Waals surface area contributed by atoms with Gasteiger partial charge in [0.1, 0.15) is 4.88 Å². The van der Waals surface area contributed by atoms with Crippen LogP contribution in [0.3, 0.4) is 0 Å². The third kappa shape index (κ3) is 2.99. The molecule has 3 rings (SSSR count). The molecule has 3 N–H and O–H groups in total. The number of nitrogens with one attached hydrogen (secondary N) is 1. The Morgan fingerprint density at radius 1 is 1.32 bits per heavy atom. The summed E-state index contributed by atoms with van der Waals surface area (Å²) in [5.74, 6) is 0.451. The summed E-state index contributed by atoms with van der Waals surface area (Å²) in [5, 5.41) is 4.08. The number of thiazole rings is 1. The third-order valence-electron chi connectivity index (χ3n) is 4.23. The van der Waals surface area contributed by atoms with Crippen molar-refractivity contribution < 1.29 is 4.79 Å². The maximum Gasteiger partial charge on any atom is 0.267 e. The highest BCUT2D eigenvalue weighted by molar-refractivity contribution is 7.14. The standard InChI is InChI=1S/C17H21N3OS/c1-10-7-8-13(18)9-14(10)20-16(21)15-11(2)19-17(22-15)12-5-3-4-6-12/h7-9,12H,3-6,18H2,1-2H3,(H,20,21). The highest BCUT2D eigenvalue weighted by Crippen LogP contribution is 2.37. The average Bonchev–Trinajstić information content (AvgIpc) is 3.11. The number of nitrogens with two attached hydrogens (primary N) is 1. The molecule has 1 saturated carbocycles. The number of aryl methyl sites for hydroxylation is 2. The van der Waals surface area contributed by atoms with E-state index < -0.39 is 0 Å². The molecular formula is C17H21N3OS. The summed E-state index contributed by atoms with van der Waals surface area (Å²) in [5.41, 5.74) is 9.03. The monoisotopic (exact) mass is 315 g/mol. The van der Waals surface area contributed by atoms with Gasteiger partial charge in [-0.15, -0.1) is 11.3 Å². The first-order valence-electron chi connectivity index (χ1n) is 7.69. The van der Waals surface area contributed by atoms with Crippen LogP contribution >= 0.6 is 11.3 Å². The van der Waals surface area contributed by atoms with E-state index in [9.17, 15) is 4.79 Å². The predicted octanol–water partition coefficient (Wildman–Crippen LogP) is 4.25. The summed E-state index contributed by atoms with van der Waals surface area (Å²) in [6.45, 7) is 3.87. The van der Waals surface area contributed by atoms with Crippen LogP contribution in [0.4, 0.5) is 11.4 Å². The lowest BCUT2D eigenvalue weighted by atomic mass is 10.1. The molecule has 1 heterocycles. The molecule has 0 atom stereocenters. The summed E-state index contributed by atoms with van der Waals surface area (Å²) >= 11 is 1.54. The number of hydrogen-bond acceptors (Lipinski definition) is 4. The quantitative estimate of drug-likeness (QED) is 0.832. The minimum Gasteiger partial charge on any atom is -0.399 e. The van der Waals surface area contributed by atoms with Gasteiger partial charge in [-0.1, -0.05) is 18.9 Å². The molecule has 0 radical (unpaired) electrons. The smallest absolute Gasteiger partial charge is 0.267 e. The predicted molar refractivity (Wildman–Crippen MR) is 91.6 cm³/mol. The Labute approximate surface area is 134 Å². The number of carbonyl (C=O) groups is 1. The van der Waals surface area contributed by atoms with Crippen LogP contribution < -0.4 is 11.1 Å². The van der Waals surface area contributed by atoms with Crippen molar-refractivity contribution in [1.82, 2.24) is 4.98 Å². The normalized spacial score (nSPS) is 15.2. The van der Waals surface area contributed by atoms with Crippen LogP contribution in [-0.4, -0.2) is 10.9 Å². The SMILES string of the molecule is Cc1ccc(N)cc1NC(=O)c1sc(C2CCCC2)nc1C. The summed E-state index contributed by atoms with van der Waals surface area (Å²) in [6.07, 6.45) is 4.94. The molecular weight excluding hydrogens is 294 g/mol. The van der Waals surface area contributed by atoms with E-state index >= 15 is 0 Å². The molecule has 0 saturated heterocycles. The molecule has 2 aromatic rings. The van der Waals surface area contributed by atoms with Gasteiger partial charge in [-0.3, -0.25) is 4.79 Å². The fourth-order valence-corrected chi connectivity index (χ4v) is 4.06. The first-order valence-corrected chi connectivity index (χ1v) is 8.51. The summed E-state index contributed by atoms with van der Waals surface area (Å²) in [7, 11) is 0. The second-order valence-corrected chi connectivity index (χ2v) is 7.01. The summed E-state index contributed by atoms with van der Waals surface area (Å²) < 4.78 is 0. The van der Waals surface area contributed by atoms with Crippen molar-refractivity contribution in [1.29, 1.82) is 0 Å². The van der Waals surface area contributed by atoms with Gasteiger partial charge in [-0.25, -0.2) is 4.98 Å². The number of hydrogen-bond donors (Lipinski definition) is 2. The number of rotatable bonds is 3. The van der Waals surface area contributed by atoms with Gasteiger partial charge in [0.15, 0.2) is 0 Å². The Morgan fingerprint density at radius 2 is 2.05 bits per heavy atom. The molecule has 1 aliphatic carbocycles. The molecule has 1 aliphatic rings. The zero-order valence-electron chi connectivity index (χ0n) is 13.0. The van der Waals surface area contributed by atoms with Crippen LogP contribution in [0.25, 0.3) is 0 Å². The molecule has 1 aromatic heterocycles. The minimum absolute atomic E-state index is 0.0899. The van der Waals surface area contributed by atoms with E-state index in [0.29, 0.717) is 16.5 Å². The third-order valence-corrected chi connectivity index (χ3v) is 5.55. The van der Waals surface area contributed by atoms with Crippen LogP contribution in [0.1, 0.15) is 57.5 Å².